The number of alkyl halides is 7. The van der Waals surface area contributed by atoms with E-state index in [0.717, 1.165) is 6.92 Å². The molecule has 14 heavy (non-hydrogen) atoms. The lowest BCUT2D eigenvalue weighted by molar-refractivity contribution is -0.432. The van der Waals surface area contributed by atoms with Crippen LogP contribution < -0.4 is 0 Å². The third kappa shape index (κ3) is 3.52. The van der Waals surface area contributed by atoms with E-state index in [2.05, 4.69) is 4.74 Å². The first-order chi connectivity index (χ1) is 6.02. The predicted octanol–water partition coefficient (Wildman–Crippen LogP) is 3.33. The summed E-state index contributed by atoms with van der Waals surface area (Å²) < 4.78 is 84.5. The van der Waals surface area contributed by atoms with Crippen molar-refractivity contribution in [2.24, 2.45) is 0 Å². The van der Waals surface area contributed by atoms with Gasteiger partial charge in [-0.05, 0) is 13.0 Å². The second-order valence-corrected chi connectivity index (χ2v) is 2.19. The normalized spacial score (nSPS) is 18.6. The molecule has 0 aliphatic carbocycles. The van der Waals surface area contributed by atoms with Crippen molar-refractivity contribution in [3.05, 3.63) is 12.2 Å². The molecule has 0 saturated carbocycles. The Morgan fingerprint density at radius 3 is 1.57 bits per heavy atom. The van der Waals surface area contributed by atoms with Gasteiger partial charge in [0.2, 0.25) is 0 Å². The van der Waals surface area contributed by atoms with Crippen LogP contribution in [0, 0.1) is 0 Å². The fourth-order valence-electron chi connectivity index (χ4n) is 0.569. The standard InChI is InChI=1S/C6H5F7O/c1-2-3-4(7,5(8,9)10)14-6(11,12)13/h2-3H,1H3/b3-2-. The Bertz CT molecular complexity index is 215. The maximum Gasteiger partial charge on any atom is 0.525 e. The summed E-state index contributed by atoms with van der Waals surface area (Å²) in [5.41, 5.74) is 0. The van der Waals surface area contributed by atoms with Crippen LogP contribution in [0.15, 0.2) is 12.2 Å². The zero-order valence-corrected chi connectivity index (χ0v) is 6.71. The Kier molecular flexibility index (Phi) is 3.54. The highest BCUT2D eigenvalue weighted by molar-refractivity contribution is 4.99. The second-order valence-electron chi connectivity index (χ2n) is 2.19. The zero-order valence-electron chi connectivity index (χ0n) is 6.71. The Morgan fingerprint density at radius 1 is 0.929 bits per heavy atom. The molecular formula is C6H5F7O. The minimum atomic E-state index is -5.78. The molecule has 84 valence electrons. The van der Waals surface area contributed by atoms with E-state index < -0.39 is 18.4 Å². The molecule has 1 atom stereocenters. The van der Waals surface area contributed by atoms with Crippen LogP contribution >= 0.6 is 0 Å². The van der Waals surface area contributed by atoms with Crippen LogP contribution in [-0.4, -0.2) is 18.4 Å². The summed E-state index contributed by atoms with van der Waals surface area (Å²) in [6.45, 7) is 0.930. The van der Waals surface area contributed by atoms with E-state index in [4.69, 9.17) is 0 Å². The number of hydrogen-bond donors (Lipinski definition) is 0. The number of rotatable bonds is 2. The average molecular weight is 226 g/mol. The molecule has 0 aromatic heterocycles. The molecule has 1 nitrogen and oxygen atoms in total. The molecule has 0 fully saturated rings. The van der Waals surface area contributed by atoms with Crippen LogP contribution in [0.5, 0.6) is 0 Å². The highest BCUT2D eigenvalue weighted by atomic mass is 19.4. The Labute approximate surface area is 74.1 Å². The van der Waals surface area contributed by atoms with Crippen LogP contribution in [-0.2, 0) is 4.74 Å². The van der Waals surface area contributed by atoms with Gasteiger partial charge < -0.3 is 0 Å². The van der Waals surface area contributed by atoms with Gasteiger partial charge in [-0.15, -0.1) is 13.2 Å². The van der Waals surface area contributed by atoms with Crippen molar-refractivity contribution in [2.75, 3.05) is 0 Å². The molecule has 8 heteroatoms. The number of hydrogen-bond acceptors (Lipinski definition) is 1. The molecule has 1 unspecified atom stereocenters. The average Bonchev–Trinajstić information content (AvgIpc) is 1.79. The molecule has 0 aliphatic rings. The summed E-state index contributed by atoms with van der Waals surface area (Å²) in [6, 6.07) is 0. The summed E-state index contributed by atoms with van der Waals surface area (Å²) in [5, 5.41) is 0. The topological polar surface area (TPSA) is 9.23 Å². The highest BCUT2D eigenvalue weighted by Gasteiger charge is 2.60. The maximum atomic E-state index is 12.6. The van der Waals surface area contributed by atoms with Crippen molar-refractivity contribution in [3.63, 3.8) is 0 Å². The quantitative estimate of drug-likeness (QED) is 0.518. The smallest absolute Gasteiger partial charge is 0.242 e. The minimum absolute atomic E-state index is 0.361. The zero-order chi connectivity index (χ0) is 11.6. The number of allylic oxidation sites excluding steroid dienone is 1. The fourth-order valence-corrected chi connectivity index (χ4v) is 0.569. The summed E-state index contributed by atoms with van der Waals surface area (Å²) in [7, 11) is 0. The largest absolute Gasteiger partial charge is 0.525 e. The summed E-state index contributed by atoms with van der Waals surface area (Å²) in [5.74, 6) is -4.83. The maximum absolute atomic E-state index is 12.6. The summed E-state index contributed by atoms with van der Waals surface area (Å²) in [4.78, 5) is 0. The van der Waals surface area contributed by atoms with Crippen LogP contribution in [0.4, 0.5) is 30.7 Å². The van der Waals surface area contributed by atoms with Gasteiger partial charge in [0.05, 0.1) is 0 Å². The van der Waals surface area contributed by atoms with Crippen LogP contribution in [0.1, 0.15) is 6.92 Å². The van der Waals surface area contributed by atoms with Gasteiger partial charge in [-0.1, -0.05) is 6.08 Å². The van der Waals surface area contributed by atoms with E-state index >= 15 is 0 Å². The van der Waals surface area contributed by atoms with E-state index in [0.29, 0.717) is 6.08 Å². The van der Waals surface area contributed by atoms with Gasteiger partial charge in [-0.25, -0.2) is 4.74 Å². The Hall–Kier alpha value is -0.790. The molecule has 0 bridgehead atoms. The van der Waals surface area contributed by atoms with Crippen LogP contribution in [0.25, 0.3) is 0 Å². The van der Waals surface area contributed by atoms with E-state index in [9.17, 15) is 30.7 Å². The van der Waals surface area contributed by atoms with Crippen LogP contribution in [0.3, 0.4) is 0 Å². The molecule has 0 aromatic carbocycles. The third-order valence-electron chi connectivity index (χ3n) is 1.03. The molecule has 0 saturated heterocycles. The number of ether oxygens (including phenoxy) is 1. The second kappa shape index (κ2) is 3.76. The molecule has 0 amide bonds. The van der Waals surface area contributed by atoms with E-state index in [1.54, 1.807) is 0 Å². The van der Waals surface area contributed by atoms with Crippen molar-refractivity contribution in [3.8, 4) is 0 Å². The van der Waals surface area contributed by atoms with Gasteiger partial charge >= 0.3 is 18.4 Å². The van der Waals surface area contributed by atoms with E-state index in [1.165, 1.54) is 0 Å². The molecule has 0 radical (unpaired) electrons. The lowest BCUT2D eigenvalue weighted by atomic mass is 10.3. The molecule has 0 aromatic rings. The van der Waals surface area contributed by atoms with Gasteiger partial charge in [0.15, 0.2) is 0 Å². The Morgan fingerprint density at radius 2 is 1.36 bits per heavy atom. The van der Waals surface area contributed by atoms with Crippen molar-refractivity contribution in [2.45, 2.75) is 25.3 Å². The molecule has 0 N–H and O–H groups in total. The lowest BCUT2D eigenvalue weighted by Gasteiger charge is -2.25. The van der Waals surface area contributed by atoms with Gasteiger partial charge in [-0.2, -0.15) is 17.6 Å². The van der Waals surface area contributed by atoms with Gasteiger partial charge in [-0.3, -0.25) is 0 Å². The van der Waals surface area contributed by atoms with Gasteiger partial charge in [0.25, 0.3) is 0 Å². The monoisotopic (exact) mass is 226 g/mol. The van der Waals surface area contributed by atoms with E-state index in [1.807, 2.05) is 0 Å². The SMILES string of the molecule is C/C=C\C(F)(OC(F)(F)F)C(F)(F)F. The highest BCUT2D eigenvalue weighted by Crippen LogP contribution is 2.40. The van der Waals surface area contributed by atoms with Crippen molar-refractivity contribution in [1.29, 1.82) is 0 Å². The first-order valence-electron chi connectivity index (χ1n) is 3.18. The lowest BCUT2D eigenvalue weighted by Crippen LogP contribution is -2.45. The minimum Gasteiger partial charge on any atom is -0.242 e. The Balaban J connectivity index is 4.93. The molecule has 0 rings (SSSR count). The molecule has 0 spiro atoms. The number of halogens is 7. The molecule has 0 aliphatic heterocycles. The predicted molar refractivity (Wildman–Crippen MR) is 31.8 cm³/mol. The summed E-state index contributed by atoms with van der Waals surface area (Å²) in [6.07, 6.45) is -11.4. The fraction of sp³-hybridized carbons (Fsp3) is 0.667. The first-order valence-corrected chi connectivity index (χ1v) is 3.18. The van der Waals surface area contributed by atoms with Crippen molar-refractivity contribution < 1.29 is 35.5 Å². The third-order valence-corrected chi connectivity index (χ3v) is 1.03. The van der Waals surface area contributed by atoms with E-state index in [-0.39, 0.29) is 6.08 Å². The van der Waals surface area contributed by atoms with Crippen molar-refractivity contribution in [1.82, 2.24) is 0 Å². The summed E-state index contributed by atoms with van der Waals surface area (Å²) >= 11 is 0. The van der Waals surface area contributed by atoms with Crippen molar-refractivity contribution >= 4 is 0 Å². The molecule has 0 heterocycles. The van der Waals surface area contributed by atoms with Crippen LogP contribution in [0.2, 0.25) is 0 Å². The van der Waals surface area contributed by atoms with Gasteiger partial charge in [0.1, 0.15) is 0 Å². The first kappa shape index (κ1) is 13.2. The molecular weight excluding hydrogens is 221 g/mol. The van der Waals surface area contributed by atoms with Gasteiger partial charge in [0, 0.05) is 0 Å².